The van der Waals surface area contributed by atoms with Gasteiger partial charge in [-0.25, -0.2) is 0 Å². The van der Waals surface area contributed by atoms with Crippen LogP contribution in [0.3, 0.4) is 0 Å². The lowest BCUT2D eigenvalue weighted by Crippen LogP contribution is -1.87. The minimum absolute atomic E-state index is 0.790. The third kappa shape index (κ3) is 3.01. The largest absolute Gasteiger partial charge is 0.398 e. The van der Waals surface area contributed by atoms with Crippen molar-refractivity contribution in [3.63, 3.8) is 0 Å². The van der Waals surface area contributed by atoms with Crippen LogP contribution in [0.4, 0.5) is 11.4 Å². The second kappa shape index (κ2) is 5.73. The van der Waals surface area contributed by atoms with Crippen LogP contribution in [0.5, 0.6) is 0 Å². The molecule has 0 aliphatic carbocycles. The zero-order valence-electron chi connectivity index (χ0n) is 10.1. The van der Waals surface area contributed by atoms with Crippen LogP contribution in [0.1, 0.15) is 11.1 Å². The van der Waals surface area contributed by atoms with E-state index in [1.54, 1.807) is 6.20 Å². The van der Waals surface area contributed by atoms with Crippen molar-refractivity contribution in [3.8, 4) is 0 Å². The van der Waals surface area contributed by atoms with Crippen LogP contribution in [0.15, 0.2) is 61.3 Å². The summed E-state index contributed by atoms with van der Waals surface area (Å²) in [4.78, 5) is 0. The Morgan fingerprint density at radius 2 is 1.67 bits per heavy atom. The smallest absolute Gasteiger partial charge is 0.0387 e. The van der Waals surface area contributed by atoms with E-state index in [0.29, 0.717) is 0 Å². The molecule has 0 atom stereocenters. The average Bonchev–Trinajstić information content (AvgIpc) is 2.40. The standard InChI is InChI=1S/C16H16N2/c1-2-18-15-11-8-13(9-12-15)7-10-14-5-3-4-6-16(14)17/h2-12,18H,1,17H2/b10-7+. The third-order valence-electron chi connectivity index (χ3n) is 2.63. The molecule has 2 heteroatoms. The van der Waals surface area contributed by atoms with Gasteiger partial charge in [-0.2, -0.15) is 0 Å². The first-order valence-electron chi connectivity index (χ1n) is 5.79. The lowest BCUT2D eigenvalue weighted by Gasteiger charge is -2.01. The number of para-hydroxylation sites is 1. The topological polar surface area (TPSA) is 38.0 Å². The number of anilines is 2. The number of hydrogen-bond acceptors (Lipinski definition) is 2. The Morgan fingerprint density at radius 3 is 2.33 bits per heavy atom. The highest BCUT2D eigenvalue weighted by atomic mass is 14.8. The zero-order valence-corrected chi connectivity index (χ0v) is 10.1. The summed E-state index contributed by atoms with van der Waals surface area (Å²) < 4.78 is 0. The lowest BCUT2D eigenvalue weighted by molar-refractivity contribution is 1.57. The first kappa shape index (κ1) is 12.0. The fourth-order valence-electron chi connectivity index (χ4n) is 1.66. The first-order chi connectivity index (χ1) is 8.79. The van der Waals surface area contributed by atoms with E-state index in [1.165, 1.54) is 0 Å². The molecular formula is C16H16N2. The molecule has 0 unspecified atom stereocenters. The van der Waals surface area contributed by atoms with Crippen LogP contribution in [-0.4, -0.2) is 0 Å². The number of nitrogen functional groups attached to an aromatic ring is 1. The van der Waals surface area contributed by atoms with Gasteiger partial charge in [-0.05, 0) is 35.5 Å². The van der Waals surface area contributed by atoms with Crippen molar-refractivity contribution in [2.75, 3.05) is 11.1 Å². The number of benzene rings is 2. The Morgan fingerprint density at radius 1 is 0.944 bits per heavy atom. The number of nitrogens with two attached hydrogens (primary N) is 1. The summed E-state index contributed by atoms with van der Waals surface area (Å²) in [7, 11) is 0. The molecule has 18 heavy (non-hydrogen) atoms. The van der Waals surface area contributed by atoms with Gasteiger partial charge in [0, 0.05) is 11.4 Å². The maximum atomic E-state index is 5.88. The molecule has 0 heterocycles. The predicted octanol–water partition coefficient (Wildman–Crippen LogP) is 3.99. The van der Waals surface area contributed by atoms with E-state index < -0.39 is 0 Å². The fourth-order valence-corrected chi connectivity index (χ4v) is 1.66. The fraction of sp³-hybridized carbons (Fsp3) is 0. The van der Waals surface area contributed by atoms with E-state index >= 15 is 0 Å². The molecule has 0 bridgehead atoms. The van der Waals surface area contributed by atoms with Gasteiger partial charge in [-0.3, -0.25) is 0 Å². The Balaban J connectivity index is 2.14. The molecule has 0 saturated heterocycles. The van der Waals surface area contributed by atoms with Gasteiger partial charge >= 0.3 is 0 Å². The molecule has 0 aliphatic rings. The van der Waals surface area contributed by atoms with E-state index in [1.807, 2.05) is 60.7 Å². The second-order valence-electron chi connectivity index (χ2n) is 3.93. The molecule has 0 amide bonds. The van der Waals surface area contributed by atoms with Gasteiger partial charge in [0.2, 0.25) is 0 Å². The van der Waals surface area contributed by atoms with Gasteiger partial charge in [0.25, 0.3) is 0 Å². The Hall–Kier alpha value is -2.48. The molecule has 2 nitrogen and oxygen atoms in total. The molecule has 2 rings (SSSR count). The molecule has 0 fully saturated rings. The van der Waals surface area contributed by atoms with Crippen LogP contribution in [-0.2, 0) is 0 Å². The van der Waals surface area contributed by atoms with Gasteiger partial charge < -0.3 is 11.1 Å². The van der Waals surface area contributed by atoms with Crippen molar-refractivity contribution in [2.24, 2.45) is 0 Å². The van der Waals surface area contributed by atoms with Crippen LogP contribution >= 0.6 is 0 Å². The molecule has 0 aliphatic heterocycles. The zero-order chi connectivity index (χ0) is 12.8. The van der Waals surface area contributed by atoms with Crippen molar-refractivity contribution >= 4 is 23.5 Å². The highest BCUT2D eigenvalue weighted by Gasteiger charge is 1.93. The Labute approximate surface area is 107 Å². The summed E-state index contributed by atoms with van der Waals surface area (Å²) in [5, 5.41) is 3.04. The summed E-state index contributed by atoms with van der Waals surface area (Å²) in [6.45, 7) is 3.63. The lowest BCUT2D eigenvalue weighted by atomic mass is 10.1. The number of hydrogen-bond donors (Lipinski definition) is 2. The highest BCUT2D eigenvalue weighted by molar-refractivity contribution is 5.75. The Kier molecular flexibility index (Phi) is 3.82. The van der Waals surface area contributed by atoms with Crippen LogP contribution in [0.25, 0.3) is 12.2 Å². The molecule has 3 N–H and O–H groups in total. The quantitative estimate of drug-likeness (QED) is 0.622. The van der Waals surface area contributed by atoms with Crippen molar-refractivity contribution in [2.45, 2.75) is 0 Å². The normalized spacial score (nSPS) is 10.4. The summed E-state index contributed by atoms with van der Waals surface area (Å²) in [5.41, 5.74) is 9.86. The van der Waals surface area contributed by atoms with Crippen LogP contribution in [0.2, 0.25) is 0 Å². The maximum absolute atomic E-state index is 5.88. The monoisotopic (exact) mass is 236 g/mol. The second-order valence-corrected chi connectivity index (χ2v) is 3.93. The van der Waals surface area contributed by atoms with Gasteiger partial charge in [0.1, 0.15) is 0 Å². The van der Waals surface area contributed by atoms with Crippen LogP contribution in [0, 0.1) is 0 Å². The van der Waals surface area contributed by atoms with E-state index in [0.717, 1.165) is 22.5 Å². The molecule has 0 aromatic heterocycles. The molecule has 0 radical (unpaired) electrons. The van der Waals surface area contributed by atoms with Crippen LogP contribution < -0.4 is 11.1 Å². The third-order valence-corrected chi connectivity index (χ3v) is 2.63. The molecule has 90 valence electrons. The van der Waals surface area contributed by atoms with E-state index in [9.17, 15) is 0 Å². The predicted molar refractivity (Wildman–Crippen MR) is 80.0 cm³/mol. The molecule has 2 aromatic rings. The van der Waals surface area contributed by atoms with Gasteiger partial charge in [-0.1, -0.05) is 49.1 Å². The Bertz CT molecular complexity index is 554. The van der Waals surface area contributed by atoms with Gasteiger partial charge in [0.15, 0.2) is 0 Å². The van der Waals surface area contributed by atoms with Crippen molar-refractivity contribution < 1.29 is 0 Å². The highest BCUT2D eigenvalue weighted by Crippen LogP contribution is 2.16. The summed E-state index contributed by atoms with van der Waals surface area (Å²) >= 11 is 0. The molecular weight excluding hydrogens is 220 g/mol. The first-order valence-corrected chi connectivity index (χ1v) is 5.79. The maximum Gasteiger partial charge on any atom is 0.0387 e. The SMILES string of the molecule is C=CNc1ccc(/C=C/c2ccccc2N)cc1. The summed E-state index contributed by atoms with van der Waals surface area (Å²) in [5.74, 6) is 0. The molecule has 0 saturated carbocycles. The molecule has 2 aromatic carbocycles. The van der Waals surface area contributed by atoms with E-state index in [4.69, 9.17) is 5.73 Å². The number of rotatable bonds is 4. The van der Waals surface area contributed by atoms with Gasteiger partial charge in [-0.15, -0.1) is 0 Å². The van der Waals surface area contributed by atoms with Crippen molar-refractivity contribution in [1.29, 1.82) is 0 Å². The summed E-state index contributed by atoms with van der Waals surface area (Å²) in [6, 6.07) is 15.9. The van der Waals surface area contributed by atoms with Gasteiger partial charge in [0.05, 0.1) is 0 Å². The van der Waals surface area contributed by atoms with Crippen molar-refractivity contribution in [3.05, 3.63) is 72.4 Å². The number of nitrogens with one attached hydrogen (secondary N) is 1. The minimum Gasteiger partial charge on any atom is -0.398 e. The minimum atomic E-state index is 0.790. The van der Waals surface area contributed by atoms with E-state index in [-0.39, 0.29) is 0 Å². The summed E-state index contributed by atoms with van der Waals surface area (Å²) in [6.07, 6.45) is 5.73. The van der Waals surface area contributed by atoms with E-state index in [2.05, 4.69) is 11.9 Å². The van der Waals surface area contributed by atoms with Crippen molar-refractivity contribution in [1.82, 2.24) is 0 Å². The molecule has 0 spiro atoms. The average molecular weight is 236 g/mol.